The lowest BCUT2D eigenvalue weighted by Crippen LogP contribution is -2.56. The molecule has 0 bridgehead atoms. The first-order chi connectivity index (χ1) is 15.8. The molecule has 3 nitrogen and oxygen atoms in total. The lowest BCUT2D eigenvalue weighted by molar-refractivity contribution is -0.140. The van der Waals surface area contributed by atoms with Gasteiger partial charge in [0.2, 0.25) is 0 Å². The van der Waals surface area contributed by atoms with Crippen molar-refractivity contribution < 1.29 is 14.3 Å². The van der Waals surface area contributed by atoms with Crippen LogP contribution in [-0.2, 0) is 14.3 Å². The van der Waals surface area contributed by atoms with Crippen LogP contribution in [-0.4, -0.2) is 18.2 Å². The van der Waals surface area contributed by atoms with Gasteiger partial charge in [0.25, 0.3) is 0 Å². The van der Waals surface area contributed by atoms with Crippen molar-refractivity contribution in [2.24, 2.45) is 39.9 Å². The number of hydrogen-bond donors (Lipinski definition) is 0. The lowest BCUT2D eigenvalue weighted by Gasteiger charge is -2.61. The standard InChI is InChI=1S/C30H40O3/c1-5-7-22(8-6-2)33-18-26(32)25-12-11-24-23-10-9-20-17-21(31)13-14-28(20,3)27(23)30(15-16-30)19-29(24,25)4/h5-8,17,23-25,27H,1,9-16,18-19H2,2-4H3/b8-6-,22-7+. The number of fused-ring (bicyclic) bond motifs is 6. The Morgan fingerprint density at radius 3 is 2.67 bits per heavy atom. The minimum absolute atomic E-state index is 0.0864. The first kappa shape index (κ1) is 22.9. The first-order valence-electron chi connectivity index (χ1n) is 13.1. The molecule has 4 fully saturated rings. The molecule has 33 heavy (non-hydrogen) atoms. The zero-order valence-corrected chi connectivity index (χ0v) is 20.7. The Bertz CT molecular complexity index is 948. The van der Waals surface area contributed by atoms with Gasteiger partial charge in [0, 0.05) is 12.3 Å². The van der Waals surface area contributed by atoms with Crippen molar-refractivity contribution in [2.75, 3.05) is 6.61 Å². The first-order valence-corrected chi connectivity index (χ1v) is 13.1. The van der Waals surface area contributed by atoms with Crippen molar-refractivity contribution in [2.45, 2.75) is 78.6 Å². The van der Waals surface area contributed by atoms with Crippen LogP contribution in [0.25, 0.3) is 0 Å². The van der Waals surface area contributed by atoms with Gasteiger partial charge >= 0.3 is 0 Å². The monoisotopic (exact) mass is 448 g/mol. The molecule has 6 unspecified atom stereocenters. The summed E-state index contributed by atoms with van der Waals surface area (Å²) in [6.07, 6.45) is 19.3. The molecule has 1 spiro atoms. The van der Waals surface area contributed by atoms with Gasteiger partial charge in [-0.25, -0.2) is 0 Å². The van der Waals surface area contributed by atoms with Crippen molar-refractivity contribution in [1.29, 1.82) is 0 Å². The summed E-state index contributed by atoms with van der Waals surface area (Å²) in [6, 6.07) is 0. The third-order valence-corrected chi connectivity index (χ3v) is 10.4. The molecule has 4 saturated carbocycles. The molecule has 0 aromatic heterocycles. The van der Waals surface area contributed by atoms with Crippen LogP contribution in [0.15, 0.2) is 48.3 Å². The Hall–Kier alpha value is -1.90. The zero-order chi connectivity index (χ0) is 23.4. The molecule has 0 heterocycles. The highest BCUT2D eigenvalue weighted by molar-refractivity contribution is 5.91. The fraction of sp³-hybridized carbons (Fsp3) is 0.667. The van der Waals surface area contributed by atoms with Gasteiger partial charge in [-0.1, -0.05) is 38.2 Å². The van der Waals surface area contributed by atoms with Crippen LogP contribution in [0.1, 0.15) is 78.6 Å². The van der Waals surface area contributed by atoms with Crippen molar-refractivity contribution >= 4 is 11.6 Å². The largest absolute Gasteiger partial charge is 0.486 e. The normalized spacial score (nSPS) is 41.2. The third-order valence-electron chi connectivity index (χ3n) is 10.4. The summed E-state index contributed by atoms with van der Waals surface area (Å²) in [4.78, 5) is 25.7. The van der Waals surface area contributed by atoms with E-state index < -0.39 is 0 Å². The van der Waals surface area contributed by atoms with E-state index in [1.165, 1.54) is 37.7 Å². The molecule has 0 aliphatic heterocycles. The number of hydrogen-bond acceptors (Lipinski definition) is 3. The van der Waals surface area contributed by atoms with E-state index in [1.54, 1.807) is 6.08 Å². The van der Waals surface area contributed by atoms with E-state index in [2.05, 4.69) is 20.4 Å². The molecule has 6 atom stereocenters. The Kier molecular flexibility index (Phi) is 5.61. The topological polar surface area (TPSA) is 43.4 Å². The zero-order valence-electron chi connectivity index (χ0n) is 20.7. The number of ketones is 2. The third kappa shape index (κ3) is 3.53. The highest BCUT2D eigenvalue weighted by atomic mass is 16.5. The van der Waals surface area contributed by atoms with Gasteiger partial charge < -0.3 is 4.74 Å². The van der Waals surface area contributed by atoms with Gasteiger partial charge in [-0.15, -0.1) is 0 Å². The molecule has 0 amide bonds. The van der Waals surface area contributed by atoms with E-state index in [-0.39, 0.29) is 29.1 Å². The molecule has 3 heteroatoms. The Labute approximate surface area is 199 Å². The molecule has 0 aromatic rings. The maximum atomic E-state index is 13.5. The SMILES string of the molecule is C=C/C=C(\C=C/C)OCC(=O)C1CCC2C3CCC4=CC(=O)CCC4(C)C3C3(CC3)CC12C. The van der Waals surface area contributed by atoms with Crippen molar-refractivity contribution in [1.82, 2.24) is 0 Å². The summed E-state index contributed by atoms with van der Waals surface area (Å²) in [6.45, 7) is 10.8. The number of allylic oxidation sites excluding steroid dienone is 5. The molecule has 0 radical (unpaired) electrons. The number of Topliss-reactive ketones (excluding diaryl/α,β-unsaturated/α-hetero) is 1. The Balaban J connectivity index is 1.39. The molecule has 5 aliphatic rings. The Morgan fingerprint density at radius 1 is 1.18 bits per heavy atom. The summed E-state index contributed by atoms with van der Waals surface area (Å²) in [5.41, 5.74) is 2.10. The quantitative estimate of drug-likeness (QED) is 0.333. The summed E-state index contributed by atoms with van der Waals surface area (Å²) < 4.78 is 5.91. The van der Waals surface area contributed by atoms with E-state index in [0.29, 0.717) is 41.1 Å². The van der Waals surface area contributed by atoms with Crippen LogP contribution in [0.2, 0.25) is 0 Å². The summed E-state index contributed by atoms with van der Waals surface area (Å²) in [7, 11) is 0. The van der Waals surface area contributed by atoms with E-state index in [0.717, 1.165) is 19.3 Å². The van der Waals surface area contributed by atoms with Gasteiger partial charge in [0.05, 0.1) is 0 Å². The summed E-state index contributed by atoms with van der Waals surface area (Å²) in [5, 5.41) is 0. The number of carbonyl (C=O) groups is 2. The molecule has 178 valence electrons. The van der Waals surface area contributed by atoms with Gasteiger partial charge in [-0.2, -0.15) is 0 Å². The maximum absolute atomic E-state index is 13.5. The predicted molar refractivity (Wildman–Crippen MR) is 131 cm³/mol. The van der Waals surface area contributed by atoms with Gasteiger partial charge in [0.15, 0.2) is 11.6 Å². The van der Waals surface area contributed by atoms with E-state index in [4.69, 9.17) is 4.74 Å². The van der Waals surface area contributed by atoms with Gasteiger partial charge in [-0.3, -0.25) is 9.59 Å². The van der Waals surface area contributed by atoms with Gasteiger partial charge in [0.1, 0.15) is 12.4 Å². The van der Waals surface area contributed by atoms with E-state index in [9.17, 15) is 9.59 Å². The Morgan fingerprint density at radius 2 is 1.97 bits per heavy atom. The average Bonchev–Trinajstić information content (AvgIpc) is 3.43. The minimum atomic E-state index is 0.0864. The van der Waals surface area contributed by atoms with Gasteiger partial charge in [-0.05, 0) is 111 Å². The number of ether oxygens (including phenoxy) is 1. The fourth-order valence-electron chi connectivity index (χ4n) is 9.17. The summed E-state index contributed by atoms with van der Waals surface area (Å²) >= 11 is 0. The number of rotatable bonds is 6. The highest BCUT2D eigenvalue weighted by Gasteiger charge is 2.70. The molecule has 0 N–H and O–H groups in total. The molecule has 5 aliphatic carbocycles. The van der Waals surface area contributed by atoms with Crippen LogP contribution in [0, 0.1) is 39.9 Å². The van der Waals surface area contributed by atoms with Crippen LogP contribution in [0.5, 0.6) is 0 Å². The average molecular weight is 449 g/mol. The highest BCUT2D eigenvalue weighted by Crippen LogP contribution is 2.77. The minimum Gasteiger partial charge on any atom is -0.486 e. The van der Waals surface area contributed by atoms with E-state index in [1.807, 2.05) is 31.2 Å². The lowest BCUT2D eigenvalue weighted by atomic mass is 9.42. The van der Waals surface area contributed by atoms with Crippen LogP contribution in [0.3, 0.4) is 0 Å². The van der Waals surface area contributed by atoms with Crippen LogP contribution < -0.4 is 0 Å². The van der Waals surface area contributed by atoms with Crippen LogP contribution >= 0.6 is 0 Å². The predicted octanol–water partition coefficient (Wildman–Crippen LogP) is 6.76. The molecular weight excluding hydrogens is 408 g/mol. The van der Waals surface area contributed by atoms with E-state index >= 15 is 0 Å². The van der Waals surface area contributed by atoms with Crippen molar-refractivity contribution in [3.8, 4) is 0 Å². The van der Waals surface area contributed by atoms with Crippen molar-refractivity contribution in [3.63, 3.8) is 0 Å². The summed E-state index contributed by atoms with van der Waals surface area (Å²) in [5.74, 6) is 3.43. The second-order valence-electron chi connectivity index (χ2n) is 12.1. The number of carbonyl (C=O) groups excluding carboxylic acids is 2. The second-order valence-corrected chi connectivity index (χ2v) is 12.1. The smallest absolute Gasteiger partial charge is 0.173 e. The molecular formula is C30H40O3. The second kappa shape index (κ2) is 8.10. The maximum Gasteiger partial charge on any atom is 0.173 e. The molecule has 0 aromatic carbocycles. The van der Waals surface area contributed by atoms with Crippen molar-refractivity contribution in [3.05, 3.63) is 48.3 Å². The molecule has 5 rings (SSSR count). The van der Waals surface area contributed by atoms with Crippen LogP contribution in [0.4, 0.5) is 0 Å². The fourth-order valence-corrected chi connectivity index (χ4v) is 9.17. The molecule has 0 saturated heterocycles.